The molecule has 0 heterocycles. The lowest BCUT2D eigenvalue weighted by molar-refractivity contribution is 0.956. The van der Waals surface area contributed by atoms with Gasteiger partial charge >= 0.3 is 0 Å². The van der Waals surface area contributed by atoms with Crippen molar-refractivity contribution in [1.29, 1.82) is 0 Å². The fraction of sp³-hybridized carbons (Fsp3) is 0.300. The average molecular weight is 264 g/mol. The molecule has 0 bridgehead atoms. The maximum absolute atomic E-state index is 2.36. The van der Waals surface area contributed by atoms with Crippen LogP contribution < -0.4 is 0 Å². The van der Waals surface area contributed by atoms with Crippen molar-refractivity contribution in [1.82, 2.24) is 0 Å². The third-order valence-electron chi connectivity index (χ3n) is 3.59. The second-order valence-corrected chi connectivity index (χ2v) is 5.76. The molecule has 0 heteroatoms. The Balaban J connectivity index is 1.99. The van der Waals surface area contributed by atoms with Crippen molar-refractivity contribution in [2.24, 2.45) is 0 Å². The van der Waals surface area contributed by atoms with Gasteiger partial charge < -0.3 is 0 Å². The van der Waals surface area contributed by atoms with Crippen LogP contribution in [0, 0.1) is 0 Å². The van der Waals surface area contributed by atoms with Crippen LogP contribution in [-0.2, 0) is 6.42 Å². The Bertz CT molecular complexity index is 625. The summed E-state index contributed by atoms with van der Waals surface area (Å²) in [6.45, 7) is 6.56. The summed E-state index contributed by atoms with van der Waals surface area (Å²) in [6.07, 6.45) is 8.03. The van der Waals surface area contributed by atoms with Crippen LogP contribution in [0.3, 0.4) is 0 Å². The van der Waals surface area contributed by atoms with Gasteiger partial charge in [0, 0.05) is 0 Å². The third kappa shape index (κ3) is 4.38. The molecule has 104 valence electrons. The second kappa shape index (κ2) is 7.09. The maximum atomic E-state index is 2.36. The third-order valence-corrected chi connectivity index (χ3v) is 3.59. The number of hydrogen-bond acceptors (Lipinski definition) is 0. The summed E-state index contributed by atoms with van der Waals surface area (Å²) in [5.41, 5.74) is 4.29. The Hall–Kier alpha value is -1.82. The zero-order chi connectivity index (χ0) is 14.4. The Morgan fingerprint density at radius 1 is 0.900 bits per heavy atom. The van der Waals surface area contributed by atoms with E-state index in [1.807, 2.05) is 0 Å². The molecular formula is C20H24. The van der Waals surface area contributed by atoms with Crippen LogP contribution in [0.2, 0.25) is 0 Å². The first kappa shape index (κ1) is 14.6. The number of rotatable bonds is 5. The van der Waals surface area contributed by atoms with Gasteiger partial charge in [0.25, 0.3) is 0 Å². The van der Waals surface area contributed by atoms with Crippen molar-refractivity contribution in [3.05, 3.63) is 71.3 Å². The first-order valence-corrected chi connectivity index (χ1v) is 7.42. The Morgan fingerprint density at radius 3 is 2.40 bits per heavy atom. The number of benzene rings is 2. The first-order chi connectivity index (χ1) is 9.65. The minimum Gasteiger partial charge on any atom is -0.0856 e. The van der Waals surface area contributed by atoms with E-state index in [2.05, 4.69) is 75.4 Å². The molecule has 0 nitrogen and oxygen atoms in total. The molecule has 0 fully saturated rings. The van der Waals surface area contributed by atoms with Gasteiger partial charge in [-0.15, -0.1) is 0 Å². The molecule has 2 aromatic carbocycles. The van der Waals surface area contributed by atoms with E-state index in [0.29, 0.717) is 0 Å². The first-order valence-electron chi connectivity index (χ1n) is 7.42. The van der Waals surface area contributed by atoms with Gasteiger partial charge in [0.15, 0.2) is 0 Å². The highest BCUT2D eigenvalue weighted by atomic mass is 14.0. The van der Waals surface area contributed by atoms with Gasteiger partial charge in [-0.3, -0.25) is 0 Å². The Labute approximate surface area is 122 Å². The van der Waals surface area contributed by atoms with Crippen LogP contribution in [0.4, 0.5) is 0 Å². The van der Waals surface area contributed by atoms with Gasteiger partial charge in [0.2, 0.25) is 0 Å². The fourth-order valence-corrected chi connectivity index (χ4v) is 2.35. The van der Waals surface area contributed by atoms with Crippen molar-refractivity contribution < 1.29 is 0 Å². The summed E-state index contributed by atoms with van der Waals surface area (Å²) >= 11 is 0. The van der Waals surface area contributed by atoms with Gasteiger partial charge in [-0.05, 0) is 56.4 Å². The normalized spacial score (nSPS) is 11.7. The molecule has 20 heavy (non-hydrogen) atoms. The molecule has 0 aromatic heterocycles. The fourth-order valence-electron chi connectivity index (χ4n) is 2.35. The highest BCUT2D eigenvalue weighted by molar-refractivity contribution is 5.83. The molecule has 0 unspecified atom stereocenters. The summed E-state index contributed by atoms with van der Waals surface area (Å²) < 4.78 is 0. The largest absolute Gasteiger partial charge is 0.0856 e. The second-order valence-electron chi connectivity index (χ2n) is 5.76. The van der Waals surface area contributed by atoms with E-state index in [1.165, 1.54) is 33.9 Å². The molecule has 0 aliphatic rings. The van der Waals surface area contributed by atoms with E-state index in [4.69, 9.17) is 0 Å². The van der Waals surface area contributed by atoms with Gasteiger partial charge in [-0.25, -0.2) is 0 Å². The number of fused-ring (bicyclic) bond motifs is 1. The Kier molecular flexibility index (Phi) is 5.17. The molecule has 0 N–H and O–H groups in total. The monoisotopic (exact) mass is 264 g/mol. The van der Waals surface area contributed by atoms with Crippen molar-refractivity contribution in [2.75, 3.05) is 0 Å². The lowest BCUT2D eigenvalue weighted by Crippen LogP contribution is -1.84. The van der Waals surface area contributed by atoms with Crippen molar-refractivity contribution >= 4 is 10.8 Å². The standard InChI is InChI=1S/C20H24/c1-16(2)7-6-8-17(3)11-12-18-13-14-19-9-4-5-10-20(19)15-18/h4-5,7,9-11,13-15H,6,8,12H2,1-3H3. The van der Waals surface area contributed by atoms with Crippen LogP contribution in [0.1, 0.15) is 39.2 Å². The molecule has 0 aliphatic carbocycles. The van der Waals surface area contributed by atoms with Crippen molar-refractivity contribution in [3.8, 4) is 0 Å². The molecule has 0 saturated heterocycles. The summed E-state index contributed by atoms with van der Waals surface area (Å²) in [5, 5.41) is 2.65. The molecule has 0 atom stereocenters. The highest BCUT2D eigenvalue weighted by Crippen LogP contribution is 2.17. The molecule has 0 saturated carbocycles. The van der Waals surface area contributed by atoms with E-state index in [9.17, 15) is 0 Å². The van der Waals surface area contributed by atoms with Crippen molar-refractivity contribution in [3.63, 3.8) is 0 Å². The predicted octanol–water partition coefficient (Wildman–Crippen LogP) is 6.08. The molecule has 0 spiro atoms. The molecule has 0 aliphatic heterocycles. The molecule has 0 amide bonds. The van der Waals surface area contributed by atoms with E-state index in [-0.39, 0.29) is 0 Å². The summed E-state index contributed by atoms with van der Waals surface area (Å²) in [4.78, 5) is 0. The lowest BCUT2D eigenvalue weighted by Gasteiger charge is -2.03. The van der Waals surface area contributed by atoms with E-state index in [1.54, 1.807) is 0 Å². The minimum atomic E-state index is 1.03. The molecule has 0 radical (unpaired) electrons. The smallest absolute Gasteiger partial charge is 0.00946 e. The van der Waals surface area contributed by atoms with Crippen LogP contribution >= 0.6 is 0 Å². The lowest BCUT2D eigenvalue weighted by atomic mass is 10.0. The zero-order valence-corrected chi connectivity index (χ0v) is 12.8. The topological polar surface area (TPSA) is 0 Å². The quantitative estimate of drug-likeness (QED) is 0.574. The molecule has 2 aromatic rings. The van der Waals surface area contributed by atoms with Gasteiger partial charge in [0.05, 0.1) is 0 Å². The van der Waals surface area contributed by atoms with Crippen LogP contribution in [0.25, 0.3) is 10.8 Å². The summed E-state index contributed by atoms with van der Waals surface area (Å²) in [7, 11) is 0. The van der Waals surface area contributed by atoms with Gasteiger partial charge in [0.1, 0.15) is 0 Å². The molecular weight excluding hydrogens is 240 g/mol. The van der Waals surface area contributed by atoms with E-state index < -0.39 is 0 Å². The van der Waals surface area contributed by atoms with Crippen LogP contribution in [-0.4, -0.2) is 0 Å². The van der Waals surface area contributed by atoms with E-state index in [0.717, 1.165) is 12.8 Å². The zero-order valence-electron chi connectivity index (χ0n) is 12.8. The summed E-state index contributed by atoms with van der Waals surface area (Å²) in [6, 6.07) is 15.3. The predicted molar refractivity (Wildman–Crippen MR) is 90.1 cm³/mol. The number of allylic oxidation sites excluding steroid dienone is 4. The number of hydrogen-bond donors (Lipinski definition) is 0. The van der Waals surface area contributed by atoms with Crippen LogP contribution in [0.15, 0.2) is 65.8 Å². The van der Waals surface area contributed by atoms with Gasteiger partial charge in [-0.2, -0.15) is 0 Å². The average Bonchev–Trinajstić information content (AvgIpc) is 2.44. The summed E-state index contributed by atoms with van der Waals surface area (Å²) in [5.74, 6) is 0. The van der Waals surface area contributed by atoms with Gasteiger partial charge in [-0.1, -0.05) is 65.8 Å². The minimum absolute atomic E-state index is 1.03. The highest BCUT2D eigenvalue weighted by Gasteiger charge is 1.95. The Morgan fingerprint density at radius 2 is 1.65 bits per heavy atom. The molecule has 2 rings (SSSR count). The maximum Gasteiger partial charge on any atom is -0.00946 e. The van der Waals surface area contributed by atoms with E-state index >= 15 is 0 Å². The van der Waals surface area contributed by atoms with Crippen molar-refractivity contribution in [2.45, 2.75) is 40.0 Å². The van der Waals surface area contributed by atoms with Crippen LogP contribution in [0.5, 0.6) is 0 Å². The SMILES string of the molecule is CC(C)=CCCC(C)=CCc1ccc2ccccc2c1.